The van der Waals surface area contributed by atoms with E-state index in [-0.39, 0.29) is 0 Å². The molecule has 0 spiro atoms. The lowest BCUT2D eigenvalue weighted by Gasteiger charge is -2.24. The average molecular weight is 238 g/mol. The van der Waals surface area contributed by atoms with E-state index >= 15 is 0 Å². The van der Waals surface area contributed by atoms with Crippen molar-refractivity contribution < 1.29 is 0 Å². The van der Waals surface area contributed by atoms with Crippen molar-refractivity contribution in [2.24, 2.45) is 0 Å². The molecule has 2 heterocycles. The SMILES string of the molecule is CC(CN1CCCC1)NC(C)c1ccsc1. The second kappa shape index (κ2) is 5.80. The summed E-state index contributed by atoms with van der Waals surface area (Å²) in [5.41, 5.74) is 1.42. The highest BCUT2D eigenvalue weighted by molar-refractivity contribution is 7.07. The van der Waals surface area contributed by atoms with E-state index in [0.29, 0.717) is 12.1 Å². The zero-order chi connectivity index (χ0) is 11.4. The van der Waals surface area contributed by atoms with Crippen LogP contribution in [0.2, 0.25) is 0 Å². The molecule has 0 aromatic carbocycles. The highest BCUT2D eigenvalue weighted by Crippen LogP contribution is 2.16. The Kier molecular flexibility index (Phi) is 4.38. The number of nitrogens with zero attached hydrogens (tertiary/aromatic N) is 1. The van der Waals surface area contributed by atoms with Crippen LogP contribution in [-0.4, -0.2) is 30.6 Å². The number of nitrogens with one attached hydrogen (secondary N) is 1. The van der Waals surface area contributed by atoms with E-state index in [0.717, 1.165) is 0 Å². The van der Waals surface area contributed by atoms with Crippen LogP contribution in [0.5, 0.6) is 0 Å². The maximum absolute atomic E-state index is 3.67. The number of thiophene rings is 1. The fraction of sp³-hybridized carbons (Fsp3) is 0.692. The lowest BCUT2D eigenvalue weighted by molar-refractivity contribution is 0.289. The van der Waals surface area contributed by atoms with Crippen molar-refractivity contribution in [1.82, 2.24) is 10.2 Å². The molecule has 2 unspecified atom stereocenters. The molecule has 1 aliphatic rings. The largest absolute Gasteiger partial charge is 0.306 e. The summed E-state index contributed by atoms with van der Waals surface area (Å²) in [5.74, 6) is 0. The normalized spacial score (nSPS) is 21.1. The molecule has 1 aromatic heterocycles. The predicted octanol–water partition coefficient (Wildman–Crippen LogP) is 2.88. The molecular weight excluding hydrogens is 216 g/mol. The van der Waals surface area contributed by atoms with Crippen molar-refractivity contribution in [2.45, 2.75) is 38.8 Å². The van der Waals surface area contributed by atoms with Crippen molar-refractivity contribution >= 4 is 11.3 Å². The van der Waals surface area contributed by atoms with Gasteiger partial charge in [0.1, 0.15) is 0 Å². The van der Waals surface area contributed by atoms with Gasteiger partial charge in [0.2, 0.25) is 0 Å². The summed E-state index contributed by atoms with van der Waals surface area (Å²) in [6.07, 6.45) is 2.76. The predicted molar refractivity (Wildman–Crippen MR) is 71.0 cm³/mol. The van der Waals surface area contributed by atoms with Gasteiger partial charge >= 0.3 is 0 Å². The number of rotatable bonds is 5. The van der Waals surface area contributed by atoms with E-state index in [2.05, 4.69) is 40.9 Å². The van der Waals surface area contributed by atoms with Crippen molar-refractivity contribution in [2.75, 3.05) is 19.6 Å². The molecule has 1 N–H and O–H groups in total. The first-order valence-electron chi connectivity index (χ1n) is 6.26. The molecule has 1 aliphatic heterocycles. The number of hydrogen-bond donors (Lipinski definition) is 1. The summed E-state index contributed by atoms with van der Waals surface area (Å²) in [6.45, 7) is 8.32. The standard InChI is InChI=1S/C13H22N2S/c1-11(9-15-6-3-4-7-15)14-12(2)13-5-8-16-10-13/h5,8,10-12,14H,3-4,6-7,9H2,1-2H3. The second-order valence-electron chi connectivity index (χ2n) is 4.85. The molecule has 0 saturated carbocycles. The first-order valence-corrected chi connectivity index (χ1v) is 7.20. The molecule has 16 heavy (non-hydrogen) atoms. The summed E-state index contributed by atoms with van der Waals surface area (Å²) in [4.78, 5) is 2.57. The van der Waals surface area contributed by atoms with Crippen LogP contribution in [0.3, 0.4) is 0 Å². The molecule has 0 amide bonds. The molecule has 90 valence electrons. The minimum Gasteiger partial charge on any atom is -0.306 e. The molecule has 1 fully saturated rings. The molecule has 3 heteroatoms. The van der Waals surface area contributed by atoms with Gasteiger partial charge in [-0.3, -0.25) is 0 Å². The molecule has 0 aliphatic carbocycles. The Morgan fingerprint density at radius 1 is 1.38 bits per heavy atom. The van der Waals surface area contributed by atoms with E-state index in [1.54, 1.807) is 11.3 Å². The first kappa shape index (κ1) is 12.1. The van der Waals surface area contributed by atoms with Crippen LogP contribution in [0, 0.1) is 0 Å². The average Bonchev–Trinajstić information content (AvgIpc) is 2.88. The monoisotopic (exact) mass is 238 g/mol. The van der Waals surface area contributed by atoms with Crippen LogP contribution in [0.1, 0.15) is 38.3 Å². The molecule has 1 aromatic rings. The Bertz CT molecular complexity index is 291. The van der Waals surface area contributed by atoms with E-state index in [9.17, 15) is 0 Å². The zero-order valence-electron chi connectivity index (χ0n) is 10.3. The van der Waals surface area contributed by atoms with Gasteiger partial charge in [-0.15, -0.1) is 0 Å². The van der Waals surface area contributed by atoms with Crippen LogP contribution < -0.4 is 5.32 Å². The Balaban J connectivity index is 1.75. The zero-order valence-corrected chi connectivity index (χ0v) is 11.1. The third-order valence-electron chi connectivity index (χ3n) is 3.31. The highest BCUT2D eigenvalue weighted by atomic mass is 32.1. The van der Waals surface area contributed by atoms with E-state index in [1.807, 2.05) is 0 Å². The smallest absolute Gasteiger partial charge is 0.0303 e. The maximum atomic E-state index is 3.67. The first-order chi connectivity index (χ1) is 7.75. The lowest BCUT2D eigenvalue weighted by Crippen LogP contribution is -2.39. The van der Waals surface area contributed by atoms with Crippen molar-refractivity contribution in [3.8, 4) is 0 Å². The summed E-state index contributed by atoms with van der Waals surface area (Å²) in [7, 11) is 0. The van der Waals surface area contributed by atoms with Crippen molar-refractivity contribution in [3.05, 3.63) is 22.4 Å². The van der Waals surface area contributed by atoms with Gasteiger partial charge in [-0.25, -0.2) is 0 Å². The Morgan fingerprint density at radius 2 is 2.12 bits per heavy atom. The van der Waals surface area contributed by atoms with Crippen LogP contribution in [0.25, 0.3) is 0 Å². The van der Waals surface area contributed by atoms with E-state index in [4.69, 9.17) is 0 Å². The van der Waals surface area contributed by atoms with Gasteiger partial charge in [0, 0.05) is 18.6 Å². The van der Waals surface area contributed by atoms with E-state index < -0.39 is 0 Å². The van der Waals surface area contributed by atoms with Crippen LogP contribution in [0.15, 0.2) is 16.8 Å². The maximum Gasteiger partial charge on any atom is 0.0303 e. The van der Waals surface area contributed by atoms with Gasteiger partial charge in [0.05, 0.1) is 0 Å². The Labute approximate surface area is 103 Å². The molecule has 2 rings (SSSR count). The molecule has 1 saturated heterocycles. The quantitative estimate of drug-likeness (QED) is 0.848. The van der Waals surface area contributed by atoms with Crippen LogP contribution in [-0.2, 0) is 0 Å². The topological polar surface area (TPSA) is 15.3 Å². The fourth-order valence-electron chi connectivity index (χ4n) is 2.45. The highest BCUT2D eigenvalue weighted by Gasteiger charge is 2.16. The fourth-order valence-corrected chi connectivity index (χ4v) is 3.20. The second-order valence-corrected chi connectivity index (χ2v) is 5.63. The van der Waals surface area contributed by atoms with Crippen molar-refractivity contribution in [3.63, 3.8) is 0 Å². The Morgan fingerprint density at radius 3 is 2.75 bits per heavy atom. The van der Waals surface area contributed by atoms with Gasteiger partial charge in [-0.1, -0.05) is 0 Å². The Hall–Kier alpha value is -0.380. The third-order valence-corrected chi connectivity index (χ3v) is 4.01. The molecule has 2 nitrogen and oxygen atoms in total. The summed E-state index contributed by atoms with van der Waals surface area (Å²) in [6, 6.07) is 3.27. The molecular formula is C13H22N2S. The lowest BCUT2D eigenvalue weighted by atomic mass is 10.1. The molecule has 0 radical (unpaired) electrons. The number of likely N-dealkylation sites (tertiary alicyclic amines) is 1. The van der Waals surface area contributed by atoms with Gasteiger partial charge < -0.3 is 10.2 Å². The molecule has 2 atom stereocenters. The van der Waals surface area contributed by atoms with Gasteiger partial charge in [0.15, 0.2) is 0 Å². The minimum atomic E-state index is 0.476. The van der Waals surface area contributed by atoms with Gasteiger partial charge in [-0.2, -0.15) is 11.3 Å². The third kappa shape index (κ3) is 3.30. The van der Waals surface area contributed by atoms with Gasteiger partial charge in [-0.05, 0) is 62.2 Å². The van der Waals surface area contributed by atoms with Gasteiger partial charge in [0.25, 0.3) is 0 Å². The van der Waals surface area contributed by atoms with E-state index in [1.165, 1.54) is 38.0 Å². The summed E-state index contributed by atoms with van der Waals surface area (Å²) >= 11 is 1.78. The minimum absolute atomic E-state index is 0.476. The van der Waals surface area contributed by atoms with Crippen LogP contribution in [0.4, 0.5) is 0 Å². The number of hydrogen-bond acceptors (Lipinski definition) is 3. The summed E-state index contributed by atoms with van der Waals surface area (Å²) in [5, 5.41) is 8.06. The molecule has 0 bridgehead atoms. The van der Waals surface area contributed by atoms with Crippen molar-refractivity contribution in [1.29, 1.82) is 0 Å². The summed E-state index contributed by atoms with van der Waals surface area (Å²) < 4.78 is 0. The van der Waals surface area contributed by atoms with Crippen LogP contribution >= 0.6 is 11.3 Å².